The van der Waals surface area contributed by atoms with Crippen molar-refractivity contribution in [2.24, 2.45) is 5.14 Å². The van der Waals surface area contributed by atoms with Crippen molar-refractivity contribution < 1.29 is 28.2 Å². The summed E-state index contributed by atoms with van der Waals surface area (Å²) in [6.45, 7) is 3.69. The Hall–Kier alpha value is -1.97. The molecule has 1 aromatic rings. The number of nitrogens with one attached hydrogen (secondary N) is 1. The number of hydrogen-bond donors (Lipinski definition) is 4. The highest BCUT2D eigenvalue weighted by atomic mass is 32.2. The molecule has 0 saturated carbocycles. The molecule has 1 rings (SSSR count). The largest absolute Gasteiger partial charge is 0.479 e. The van der Waals surface area contributed by atoms with Crippen LogP contribution in [0.5, 0.6) is 0 Å². The van der Waals surface area contributed by atoms with Gasteiger partial charge in [0.2, 0.25) is 10.0 Å². The number of aliphatic hydroxyl groups is 1. The van der Waals surface area contributed by atoms with Crippen LogP contribution in [0.15, 0.2) is 17.0 Å². The quantitative estimate of drug-likeness (QED) is 0.573. The lowest BCUT2D eigenvalue weighted by Crippen LogP contribution is -2.46. The van der Waals surface area contributed by atoms with Crippen molar-refractivity contribution in [2.45, 2.75) is 31.3 Å². The average Bonchev–Trinajstić information content (AvgIpc) is 2.37. The summed E-state index contributed by atoms with van der Waals surface area (Å²) < 4.78 is 23.0. The van der Waals surface area contributed by atoms with Crippen molar-refractivity contribution in [1.29, 1.82) is 0 Å². The Balaban J connectivity index is 3.11. The Labute approximate surface area is 128 Å². The van der Waals surface area contributed by atoms with Crippen molar-refractivity contribution in [3.8, 4) is 0 Å². The molecule has 0 aromatic heterocycles. The number of sulfonamides is 1. The van der Waals surface area contributed by atoms with Gasteiger partial charge in [-0.05, 0) is 44.0 Å². The third-order valence-corrected chi connectivity index (χ3v) is 4.28. The average molecular weight is 330 g/mol. The summed E-state index contributed by atoms with van der Waals surface area (Å²) in [5.41, 5.74) is -1.15. The first-order valence-electron chi connectivity index (χ1n) is 6.24. The first kappa shape index (κ1) is 18.1. The molecule has 1 atom stereocenters. The molecule has 0 heterocycles. The lowest BCUT2D eigenvalue weighted by atomic mass is 10.0. The third-order valence-electron chi connectivity index (χ3n) is 3.24. The van der Waals surface area contributed by atoms with Crippen LogP contribution in [0.4, 0.5) is 0 Å². The summed E-state index contributed by atoms with van der Waals surface area (Å²) in [5.74, 6) is -2.20. The number of rotatable bonds is 5. The summed E-state index contributed by atoms with van der Waals surface area (Å²) in [7, 11) is -3.99. The highest BCUT2D eigenvalue weighted by molar-refractivity contribution is 7.89. The minimum absolute atomic E-state index is 0.00770. The fourth-order valence-electron chi connectivity index (χ4n) is 1.68. The van der Waals surface area contributed by atoms with Gasteiger partial charge in [-0.15, -0.1) is 0 Å². The number of carbonyl (C=O) groups excluding carboxylic acids is 1. The number of hydrogen-bond acceptors (Lipinski definition) is 5. The van der Waals surface area contributed by atoms with Crippen molar-refractivity contribution in [3.05, 3.63) is 28.8 Å². The van der Waals surface area contributed by atoms with Gasteiger partial charge >= 0.3 is 5.97 Å². The Kier molecular flexibility index (Phi) is 4.96. The second-order valence-electron chi connectivity index (χ2n) is 5.22. The van der Waals surface area contributed by atoms with E-state index in [1.165, 1.54) is 6.07 Å². The van der Waals surface area contributed by atoms with Gasteiger partial charge in [0.15, 0.2) is 5.60 Å². The van der Waals surface area contributed by atoms with Crippen molar-refractivity contribution in [3.63, 3.8) is 0 Å². The van der Waals surface area contributed by atoms with Crippen molar-refractivity contribution in [2.75, 3.05) is 6.54 Å². The number of benzene rings is 1. The molecule has 22 heavy (non-hydrogen) atoms. The zero-order chi connectivity index (χ0) is 17.3. The number of aliphatic carboxylic acids is 1. The van der Waals surface area contributed by atoms with E-state index in [9.17, 15) is 23.1 Å². The van der Waals surface area contributed by atoms with E-state index in [1.54, 1.807) is 13.8 Å². The number of aryl methyl sites for hydroxylation is 1. The van der Waals surface area contributed by atoms with Gasteiger partial charge in [-0.2, -0.15) is 0 Å². The molecule has 9 heteroatoms. The minimum atomic E-state index is -3.99. The molecule has 0 aliphatic heterocycles. The van der Waals surface area contributed by atoms with Gasteiger partial charge in [0.25, 0.3) is 5.91 Å². The normalized spacial score (nSPS) is 14.2. The van der Waals surface area contributed by atoms with Crippen LogP contribution in [0.2, 0.25) is 0 Å². The van der Waals surface area contributed by atoms with E-state index in [2.05, 4.69) is 5.32 Å². The number of nitrogens with two attached hydrogens (primary N) is 1. The smallest absolute Gasteiger partial charge is 0.337 e. The highest BCUT2D eigenvalue weighted by Crippen LogP contribution is 2.20. The zero-order valence-electron chi connectivity index (χ0n) is 12.4. The minimum Gasteiger partial charge on any atom is -0.479 e. The molecule has 0 spiro atoms. The number of carboxylic acids is 1. The predicted molar refractivity (Wildman–Crippen MR) is 77.9 cm³/mol. The molecule has 0 saturated heterocycles. The van der Waals surface area contributed by atoms with Crippen LogP contribution in [0.1, 0.15) is 28.4 Å². The number of amides is 1. The first-order valence-corrected chi connectivity index (χ1v) is 7.79. The summed E-state index contributed by atoms with van der Waals surface area (Å²) in [4.78, 5) is 22.6. The third kappa shape index (κ3) is 4.03. The maximum Gasteiger partial charge on any atom is 0.337 e. The maximum atomic E-state index is 12.0. The molecular weight excluding hydrogens is 312 g/mol. The van der Waals surface area contributed by atoms with Crippen molar-refractivity contribution in [1.82, 2.24) is 5.32 Å². The summed E-state index contributed by atoms with van der Waals surface area (Å²) >= 11 is 0. The van der Waals surface area contributed by atoms with E-state index in [-0.39, 0.29) is 10.5 Å². The van der Waals surface area contributed by atoms with Crippen LogP contribution in [0, 0.1) is 13.8 Å². The van der Waals surface area contributed by atoms with E-state index >= 15 is 0 Å². The van der Waals surface area contributed by atoms with Gasteiger partial charge in [-0.25, -0.2) is 18.4 Å². The SMILES string of the molecule is Cc1cc(C(=O)NCC(C)(O)C(=O)O)cc(S(N)(=O)=O)c1C. The second-order valence-corrected chi connectivity index (χ2v) is 6.75. The Morgan fingerprint density at radius 3 is 2.32 bits per heavy atom. The molecule has 1 aromatic carbocycles. The molecule has 0 aliphatic rings. The molecule has 122 valence electrons. The monoisotopic (exact) mass is 330 g/mol. The lowest BCUT2D eigenvalue weighted by Gasteiger charge is -2.18. The first-order chi connectivity index (χ1) is 9.86. The van der Waals surface area contributed by atoms with E-state index in [1.807, 2.05) is 0 Å². The van der Waals surface area contributed by atoms with Gasteiger partial charge in [-0.3, -0.25) is 4.79 Å². The van der Waals surface area contributed by atoms with Gasteiger partial charge < -0.3 is 15.5 Å². The Morgan fingerprint density at radius 1 is 1.32 bits per heavy atom. The maximum absolute atomic E-state index is 12.0. The van der Waals surface area contributed by atoms with Crippen LogP contribution in [0.3, 0.4) is 0 Å². The molecule has 0 radical (unpaired) electrons. The molecule has 1 unspecified atom stereocenters. The summed E-state index contributed by atoms with van der Waals surface area (Å²) in [5, 5.41) is 25.6. The van der Waals surface area contributed by atoms with Gasteiger partial charge in [0.1, 0.15) is 0 Å². The van der Waals surface area contributed by atoms with Gasteiger partial charge in [-0.1, -0.05) is 0 Å². The Morgan fingerprint density at radius 2 is 1.86 bits per heavy atom. The van der Waals surface area contributed by atoms with Gasteiger partial charge in [0, 0.05) is 5.56 Å². The fourth-order valence-corrected chi connectivity index (χ4v) is 2.56. The molecule has 1 amide bonds. The van der Waals surface area contributed by atoms with Crippen molar-refractivity contribution >= 4 is 21.9 Å². The molecule has 0 fully saturated rings. The molecule has 0 bridgehead atoms. The number of carbonyl (C=O) groups is 2. The molecule has 0 aliphatic carbocycles. The van der Waals surface area contributed by atoms with E-state index in [0.717, 1.165) is 13.0 Å². The molecular formula is C13H18N2O6S. The lowest BCUT2D eigenvalue weighted by molar-refractivity contribution is -0.155. The second kappa shape index (κ2) is 6.03. The summed E-state index contributed by atoms with van der Waals surface area (Å²) in [6, 6.07) is 2.57. The zero-order valence-corrected chi connectivity index (χ0v) is 13.2. The topological polar surface area (TPSA) is 147 Å². The number of carboxylic acid groups (broad SMARTS) is 1. The van der Waals surface area contributed by atoms with Crippen LogP contribution in [0.25, 0.3) is 0 Å². The van der Waals surface area contributed by atoms with E-state index < -0.39 is 34.0 Å². The van der Waals surface area contributed by atoms with Gasteiger partial charge in [0.05, 0.1) is 11.4 Å². The standard InChI is InChI=1S/C13H18N2O6S/c1-7-4-9(5-10(8(7)2)22(14,20)21)11(16)15-6-13(3,19)12(17)18/h4-5,19H,6H2,1-3H3,(H,15,16)(H,17,18)(H2,14,20,21). The van der Waals surface area contributed by atoms with Crippen LogP contribution in [-0.4, -0.2) is 42.7 Å². The van der Waals surface area contributed by atoms with Crippen LogP contribution in [-0.2, 0) is 14.8 Å². The van der Waals surface area contributed by atoms with E-state index in [0.29, 0.717) is 11.1 Å². The summed E-state index contributed by atoms with van der Waals surface area (Å²) in [6.07, 6.45) is 0. The highest BCUT2D eigenvalue weighted by Gasteiger charge is 2.30. The molecule has 5 N–H and O–H groups in total. The fraction of sp³-hybridized carbons (Fsp3) is 0.385. The molecule has 8 nitrogen and oxygen atoms in total. The van der Waals surface area contributed by atoms with E-state index in [4.69, 9.17) is 10.2 Å². The van der Waals surface area contributed by atoms with Crippen LogP contribution < -0.4 is 10.5 Å². The Bertz CT molecular complexity index is 724. The number of primary sulfonamides is 1. The van der Waals surface area contributed by atoms with Crippen LogP contribution >= 0.6 is 0 Å². The predicted octanol–water partition coefficient (Wildman–Crippen LogP) is -0.484.